The number of methoxy groups -OCH3 is 1. The molecule has 2 rings (SSSR count). The van der Waals surface area contributed by atoms with E-state index in [9.17, 15) is 0 Å². The maximum absolute atomic E-state index is 5.10. The van der Waals surface area contributed by atoms with Gasteiger partial charge in [0.25, 0.3) is 0 Å². The van der Waals surface area contributed by atoms with Gasteiger partial charge in [0.15, 0.2) is 0 Å². The van der Waals surface area contributed by atoms with Crippen LogP contribution in [0.25, 0.3) is 11.4 Å². The van der Waals surface area contributed by atoms with E-state index in [1.54, 1.807) is 13.3 Å². The lowest BCUT2D eigenvalue weighted by molar-refractivity contribution is 0.185. The molecule has 0 aliphatic heterocycles. The predicted octanol–water partition coefficient (Wildman–Crippen LogP) is 2.23. The van der Waals surface area contributed by atoms with Gasteiger partial charge in [0.05, 0.1) is 6.61 Å². The molecule has 78 valence electrons. The van der Waals surface area contributed by atoms with Crippen LogP contribution in [0.5, 0.6) is 0 Å². The first-order chi connectivity index (χ1) is 7.31. The molecule has 1 aromatic heterocycles. The molecule has 0 aliphatic rings. The van der Waals surface area contributed by atoms with Crippen LogP contribution in [0.1, 0.15) is 5.56 Å². The Morgan fingerprint density at radius 1 is 1.40 bits per heavy atom. The third kappa shape index (κ3) is 2.07. The van der Waals surface area contributed by atoms with Crippen molar-refractivity contribution in [1.82, 2.24) is 9.55 Å². The van der Waals surface area contributed by atoms with Crippen molar-refractivity contribution < 1.29 is 4.74 Å². The van der Waals surface area contributed by atoms with Crippen LogP contribution in [-0.2, 0) is 18.4 Å². The molecule has 0 unspecified atom stereocenters. The van der Waals surface area contributed by atoms with Crippen molar-refractivity contribution in [3.63, 3.8) is 0 Å². The van der Waals surface area contributed by atoms with Crippen molar-refractivity contribution >= 4 is 0 Å². The number of imidazole rings is 1. The minimum absolute atomic E-state index is 0.637. The zero-order valence-electron chi connectivity index (χ0n) is 8.97. The van der Waals surface area contributed by atoms with E-state index in [2.05, 4.69) is 23.2 Å². The van der Waals surface area contributed by atoms with E-state index in [4.69, 9.17) is 4.74 Å². The highest BCUT2D eigenvalue weighted by molar-refractivity contribution is 5.56. The summed E-state index contributed by atoms with van der Waals surface area (Å²) < 4.78 is 7.11. The van der Waals surface area contributed by atoms with Crippen molar-refractivity contribution in [2.75, 3.05) is 7.11 Å². The fourth-order valence-electron chi connectivity index (χ4n) is 1.61. The maximum atomic E-state index is 5.10. The third-order valence-electron chi connectivity index (χ3n) is 2.32. The Morgan fingerprint density at radius 2 is 2.27 bits per heavy atom. The Balaban J connectivity index is 2.37. The summed E-state index contributed by atoms with van der Waals surface area (Å²) in [4.78, 5) is 4.31. The van der Waals surface area contributed by atoms with E-state index in [1.165, 1.54) is 0 Å². The summed E-state index contributed by atoms with van der Waals surface area (Å²) in [5.74, 6) is 0.980. The molecule has 1 heterocycles. The van der Waals surface area contributed by atoms with Gasteiger partial charge in [0.2, 0.25) is 0 Å². The van der Waals surface area contributed by atoms with Crippen molar-refractivity contribution in [1.29, 1.82) is 0 Å². The fourth-order valence-corrected chi connectivity index (χ4v) is 1.61. The van der Waals surface area contributed by atoms with E-state index in [0.717, 1.165) is 17.0 Å². The number of aromatic nitrogens is 2. The Morgan fingerprint density at radius 3 is 2.93 bits per heavy atom. The van der Waals surface area contributed by atoms with Crippen molar-refractivity contribution in [3.8, 4) is 11.4 Å². The van der Waals surface area contributed by atoms with E-state index in [0.29, 0.717) is 6.61 Å². The summed E-state index contributed by atoms with van der Waals surface area (Å²) in [6.45, 7) is 0.637. The highest BCUT2D eigenvalue weighted by atomic mass is 16.5. The largest absolute Gasteiger partial charge is 0.380 e. The molecule has 15 heavy (non-hydrogen) atoms. The molecule has 0 amide bonds. The summed E-state index contributed by atoms with van der Waals surface area (Å²) in [7, 11) is 3.69. The predicted molar refractivity (Wildman–Crippen MR) is 59.4 cm³/mol. The average molecular weight is 202 g/mol. The first-order valence-corrected chi connectivity index (χ1v) is 4.87. The average Bonchev–Trinajstić information content (AvgIpc) is 2.65. The number of rotatable bonds is 3. The van der Waals surface area contributed by atoms with Crippen LogP contribution in [0.4, 0.5) is 0 Å². The quantitative estimate of drug-likeness (QED) is 0.763. The Hall–Kier alpha value is -1.61. The Labute approximate surface area is 89.3 Å². The van der Waals surface area contributed by atoms with Gasteiger partial charge in [-0.15, -0.1) is 0 Å². The minimum Gasteiger partial charge on any atom is -0.380 e. The second kappa shape index (κ2) is 4.28. The fraction of sp³-hybridized carbons (Fsp3) is 0.250. The monoisotopic (exact) mass is 202 g/mol. The number of hydrogen-bond donors (Lipinski definition) is 0. The molecule has 0 N–H and O–H groups in total. The lowest BCUT2D eigenvalue weighted by Crippen LogP contribution is -1.93. The van der Waals surface area contributed by atoms with Crippen LogP contribution in [0.15, 0.2) is 36.7 Å². The van der Waals surface area contributed by atoms with Gasteiger partial charge in [0.1, 0.15) is 5.82 Å². The highest BCUT2D eigenvalue weighted by Crippen LogP contribution is 2.18. The van der Waals surface area contributed by atoms with Crippen molar-refractivity contribution in [3.05, 3.63) is 42.2 Å². The van der Waals surface area contributed by atoms with Gasteiger partial charge in [-0.1, -0.05) is 18.2 Å². The zero-order valence-corrected chi connectivity index (χ0v) is 8.97. The second-order valence-corrected chi connectivity index (χ2v) is 3.50. The molecular formula is C12H14N2O. The van der Waals surface area contributed by atoms with Crippen LogP contribution in [0.2, 0.25) is 0 Å². The summed E-state index contributed by atoms with van der Waals surface area (Å²) in [5, 5.41) is 0. The molecule has 3 heteroatoms. The third-order valence-corrected chi connectivity index (χ3v) is 2.32. The zero-order chi connectivity index (χ0) is 10.7. The summed E-state index contributed by atoms with van der Waals surface area (Å²) in [5.41, 5.74) is 2.29. The molecule has 3 nitrogen and oxygen atoms in total. The van der Waals surface area contributed by atoms with Gasteiger partial charge in [-0.05, 0) is 11.6 Å². The molecule has 0 atom stereocenters. The van der Waals surface area contributed by atoms with Gasteiger partial charge in [0, 0.05) is 32.1 Å². The first kappa shape index (κ1) is 9.93. The maximum Gasteiger partial charge on any atom is 0.139 e. The van der Waals surface area contributed by atoms with E-state index >= 15 is 0 Å². The number of nitrogens with zero attached hydrogens (tertiary/aromatic N) is 2. The van der Waals surface area contributed by atoms with Crippen molar-refractivity contribution in [2.45, 2.75) is 6.61 Å². The smallest absolute Gasteiger partial charge is 0.139 e. The number of hydrogen-bond acceptors (Lipinski definition) is 2. The second-order valence-electron chi connectivity index (χ2n) is 3.50. The summed E-state index contributed by atoms with van der Waals surface area (Å²) in [6.07, 6.45) is 3.75. The van der Waals surface area contributed by atoms with Gasteiger partial charge in [-0.25, -0.2) is 4.98 Å². The number of benzene rings is 1. The first-order valence-electron chi connectivity index (χ1n) is 4.87. The molecule has 0 saturated heterocycles. The molecule has 0 saturated carbocycles. The van der Waals surface area contributed by atoms with Crippen LogP contribution in [0, 0.1) is 0 Å². The molecule has 0 fully saturated rings. The highest BCUT2D eigenvalue weighted by Gasteiger charge is 2.03. The molecule has 1 aromatic carbocycles. The molecule has 0 bridgehead atoms. The summed E-state index contributed by atoms with van der Waals surface area (Å²) in [6, 6.07) is 8.24. The topological polar surface area (TPSA) is 27.1 Å². The Kier molecular flexibility index (Phi) is 2.83. The number of ether oxygens (including phenoxy) is 1. The lowest BCUT2D eigenvalue weighted by Gasteiger charge is -2.04. The molecule has 2 aromatic rings. The number of aryl methyl sites for hydroxylation is 1. The van der Waals surface area contributed by atoms with Gasteiger partial charge < -0.3 is 9.30 Å². The SMILES string of the molecule is COCc1cccc(-c2nccn2C)c1. The van der Waals surface area contributed by atoms with Crippen LogP contribution < -0.4 is 0 Å². The van der Waals surface area contributed by atoms with Crippen LogP contribution in [-0.4, -0.2) is 16.7 Å². The van der Waals surface area contributed by atoms with E-state index in [-0.39, 0.29) is 0 Å². The molecular weight excluding hydrogens is 188 g/mol. The van der Waals surface area contributed by atoms with E-state index in [1.807, 2.05) is 23.9 Å². The van der Waals surface area contributed by atoms with Gasteiger partial charge in [-0.3, -0.25) is 0 Å². The van der Waals surface area contributed by atoms with Crippen LogP contribution in [0.3, 0.4) is 0 Å². The molecule has 0 radical (unpaired) electrons. The lowest BCUT2D eigenvalue weighted by atomic mass is 10.1. The molecule has 0 aliphatic carbocycles. The van der Waals surface area contributed by atoms with Crippen molar-refractivity contribution in [2.24, 2.45) is 7.05 Å². The standard InChI is InChI=1S/C12H14N2O/c1-14-7-6-13-12(14)11-5-3-4-10(8-11)9-15-2/h3-8H,9H2,1-2H3. The summed E-state index contributed by atoms with van der Waals surface area (Å²) >= 11 is 0. The minimum atomic E-state index is 0.637. The molecule has 0 spiro atoms. The van der Waals surface area contributed by atoms with Crippen LogP contribution >= 0.6 is 0 Å². The van der Waals surface area contributed by atoms with Gasteiger partial charge in [-0.2, -0.15) is 0 Å². The van der Waals surface area contributed by atoms with Gasteiger partial charge >= 0.3 is 0 Å². The normalized spacial score (nSPS) is 10.5. The van der Waals surface area contributed by atoms with E-state index < -0.39 is 0 Å². The Bertz CT molecular complexity index is 448.